The molecule has 0 saturated carbocycles. The molecule has 0 N–H and O–H groups in total. The number of halogens is 2. The summed E-state index contributed by atoms with van der Waals surface area (Å²) < 4.78 is 14.7. The van der Waals surface area contributed by atoms with E-state index in [4.69, 9.17) is 32.7 Å². The molecule has 2 aromatic carbocycles. The Morgan fingerprint density at radius 1 is 1.17 bits per heavy atom. The molecule has 1 saturated heterocycles. The molecule has 2 aromatic heterocycles. The number of rotatable bonds is 6. The van der Waals surface area contributed by atoms with Crippen molar-refractivity contribution in [1.82, 2.24) is 14.3 Å². The van der Waals surface area contributed by atoms with E-state index in [0.717, 1.165) is 35.8 Å². The van der Waals surface area contributed by atoms with Crippen LogP contribution in [0.1, 0.15) is 25.5 Å². The van der Waals surface area contributed by atoms with Crippen molar-refractivity contribution in [2.45, 2.75) is 32.0 Å². The third-order valence-corrected chi connectivity index (χ3v) is 6.67. The summed E-state index contributed by atoms with van der Waals surface area (Å²) in [4.78, 5) is 23.0. The monoisotopic (exact) mass is 514 g/mol. The Labute approximate surface area is 209 Å². The van der Waals surface area contributed by atoms with Crippen molar-refractivity contribution in [3.63, 3.8) is 0 Å². The maximum Gasteiger partial charge on any atom is 0.331 e. The van der Waals surface area contributed by atoms with E-state index >= 15 is 0 Å². The van der Waals surface area contributed by atoms with Crippen LogP contribution in [0.3, 0.4) is 0 Å². The number of ether oxygens (including phenoxy) is 2. The first-order chi connectivity index (χ1) is 16.9. The van der Waals surface area contributed by atoms with Crippen molar-refractivity contribution >= 4 is 45.8 Å². The van der Waals surface area contributed by atoms with Crippen LogP contribution in [0.5, 0.6) is 5.75 Å². The minimum absolute atomic E-state index is 0.0913. The van der Waals surface area contributed by atoms with Crippen molar-refractivity contribution in [2.24, 2.45) is 0 Å². The average molecular weight is 515 g/mol. The molecule has 0 aliphatic carbocycles. The Balaban J connectivity index is 1.44. The first kappa shape index (κ1) is 23.3. The van der Waals surface area contributed by atoms with Gasteiger partial charge in [0.05, 0.1) is 26.7 Å². The number of nitro groups is 1. The Bertz CT molecular complexity index is 1410. The molecule has 1 fully saturated rings. The molecule has 0 radical (unpaired) electrons. The lowest BCUT2D eigenvalue weighted by molar-refractivity contribution is -0.384. The number of benzene rings is 2. The van der Waals surface area contributed by atoms with Crippen LogP contribution in [0, 0.1) is 10.1 Å². The molecule has 1 unspecified atom stereocenters. The highest BCUT2D eigenvalue weighted by atomic mass is 35.5. The number of hydrogen-bond donors (Lipinski definition) is 0. The van der Waals surface area contributed by atoms with Gasteiger partial charge in [-0.2, -0.15) is 5.10 Å². The summed E-state index contributed by atoms with van der Waals surface area (Å²) in [6.45, 7) is 0.567. The molecule has 1 aliphatic heterocycles. The van der Waals surface area contributed by atoms with Crippen LogP contribution in [0.4, 0.5) is 5.69 Å². The minimum Gasteiger partial charge on any atom is -0.425 e. The van der Waals surface area contributed by atoms with Crippen molar-refractivity contribution in [3.05, 3.63) is 75.1 Å². The topological polar surface area (TPSA) is 101 Å². The normalized spacial score (nSPS) is 15.9. The number of non-ortho nitro benzene ring substituents is 1. The number of carbonyl (C=O) groups excluding carboxylic acids is 1. The number of fused-ring (bicyclic) bond motifs is 1. The highest BCUT2D eigenvalue weighted by Gasteiger charge is 2.21. The number of aromatic nitrogens is 3. The number of hydrogen-bond acceptors (Lipinski definition) is 6. The van der Waals surface area contributed by atoms with Crippen molar-refractivity contribution < 1.29 is 19.2 Å². The van der Waals surface area contributed by atoms with Crippen LogP contribution in [0.2, 0.25) is 10.0 Å². The van der Waals surface area contributed by atoms with Gasteiger partial charge in [0, 0.05) is 47.6 Å². The molecule has 0 bridgehead atoms. The van der Waals surface area contributed by atoms with E-state index in [2.05, 4.69) is 5.10 Å². The molecule has 5 rings (SSSR count). The molecule has 3 heterocycles. The first-order valence-electron chi connectivity index (χ1n) is 11.0. The van der Waals surface area contributed by atoms with Gasteiger partial charge in [0.25, 0.3) is 5.69 Å². The van der Waals surface area contributed by atoms with Crippen molar-refractivity contribution in [2.75, 3.05) is 6.61 Å². The van der Waals surface area contributed by atoms with Crippen LogP contribution in [0.25, 0.3) is 22.0 Å². The van der Waals surface area contributed by atoms with Crippen molar-refractivity contribution in [1.29, 1.82) is 0 Å². The molecule has 180 valence electrons. The standard InChI is InChI=1S/C24H20Cl2N4O5/c25-20-9-8-18-19(15-11-27-29(12-15)21-3-1-2-10-34-21)13-28(24(18)23(20)26)14-22(31)35-17-6-4-16(5-7-17)30(32)33/h4-9,11-13,21H,1-3,10,14H2. The van der Waals surface area contributed by atoms with Crippen LogP contribution in [-0.4, -0.2) is 31.8 Å². The quantitative estimate of drug-likeness (QED) is 0.135. The number of nitrogens with zero attached hydrogens (tertiary/aromatic N) is 4. The van der Waals surface area contributed by atoms with Gasteiger partial charge < -0.3 is 14.0 Å². The third kappa shape index (κ3) is 4.75. The van der Waals surface area contributed by atoms with Crippen LogP contribution < -0.4 is 4.74 Å². The van der Waals surface area contributed by atoms with Gasteiger partial charge in [-0.15, -0.1) is 0 Å². The summed E-state index contributed by atoms with van der Waals surface area (Å²) in [7, 11) is 0. The van der Waals surface area contributed by atoms with Gasteiger partial charge in [0.1, 0.15) is 18.5 Å². The number of carbonyl (C=O) groups is 1. The summed E-state index contributed by atoms with van der Waals surface area (Å²) in [6.07, 6.45) is 8.44. The minimum atomic E-state index is -0.565. The first-order valence-corrected chi connectivity index (χ1v) is 11.7. The number of esters is 1. The Morgan fingerprint density at radius 3 is 2.69 bits per heavy atom. The second-order valence-electron chi connectivity index (χ2n) is 8.18. The van der Waals surface area contributed by atoms with E-state index in [-0.39, 0.29) is 24.2 Å². The third-order valence-electron chi connectivity index (χ3n) is 5.87. The Hall–Kier alpha value is -3.40. The molecule has 9 nitrogen and oxygen atoms in total. The summed E-state index contributed by atoms with van der Waals surface area (Å²) in [5.41, 5.74) is 2.19. The predicted octanol–water partition coefficient (Wildman–Crippen LogP) is 6.02. The van der Waals surface area contributed by atoms with Gasteiger partial charge in [0.15, 0.2) is 0 Å². The lowest BCUT2D eigenvalue weighted by Crippen LogP contribution is -2.18. The van der Waals surface area contributed by atoms with Gasteiger partial charge in [-0.25, -0.2) is 9.48 Å². The van der Waals surface area contributed by atoms with E-state index in [1.54, 1.807) is 16.8 Å². The highest BCUT2D eigenvalue weighted by molar-refractivity contribution is 6.45. The summed E-state index contributed by atoms with van der Waals surface area (Å²) >= 11 is 12.8. The molecule has 35 heavy (non-hydrogen) atoms. The average Bonchev–Trinajstić information content (AvgIpc) is 3.48. The lowest BCUT2D eigenvalue weighted by atomic mass is 10.1. The second kappa shape index (κ2) is 9.69. The van der Waals surface area contributed by atoms with E-state index in [1.807, 2.05) is 23.1 Å². The van der Waals surface area contributed by atoms with Gasteiger partial charge in [-0.1, -0.05) is 29.3 Å². The SMILES string of the molecule is O=C(Cn1cc(-c2cnn(C3CCCCO3)c2)c2ccc(Cl)c(Cl)c21)Oc1ccc([N+](=O)[O-])cc1. The maximum atomic E-state index is 12.7. The smallest absolute Gasteiger partial charge is 0.331 e. The highest BCUT2D eigenvalue weighted by Crippen LogP contribution is 2.38. The molecular weight excluding hydrogens is 495 g/mol. The van der Waals surface area contributed by atoms with E-state index in [9.17, 15) is 14.9 Å². The fourth-order valence-corrected chi connectivity index (χ4v) is 4.61. The Morgan fingerprint density at radius 2 is 1.97 bits per heavy atom. The predicted molar refractivity (Wildman–Crippen MR) is 131 cm³/mol. The fourth-order valence-electron chi connectivity index (χ4n) is 4.19. The largest absolute Gasteiger partial charge is 0.425 e. The van der Waals surface area contributed by atoms with Crippen LogP contribution in [0.15, 0.2) is 55.0 Å². The van der Waals surface area contributed by atoms with E-state index in [0.29, 0.717) is 22.2 Å². The van der Waals surface area contributed by atoms with E-state index < -0.39 is 10.9 Å². The van der Waals surface area contributed by atoms with Gasteiger partial charge >= 0.3 is 5.97 Å². The zero-order chi connectivity index (χ0) is 24.5. The molecule has 4 aromatic rings. The van der Waals surface area contributed by atoms with Gasteiger partial charge in [-0.05, 0) is 37.5 Å². The Kier molecular flexibility index (Phi) is 6.46. The molecule has 1 atom stereocenters. The zero-order valence-corrected chi connectivity index (χ0v) is 19.9. The van der Waals surface area contributed by atoms with Gasteiger partial charge in [0.2, 0.25) is 0 Å². The summed E-state index contributed by atoms with van der Waals surface area (Å²) in [6, 6.07) is 8.86. The maximum absolute atomic E-state index is 12.7. The zero-order valence-electron chi connectivity index (χ0n) is 18.4. The number of nitro benzene ring substituents is 1. The molecule has 0 amide bonds. The van der Waals surface area contributed by atoms with E-state index in [1.165, 1.54) is 24.3 Å². The van der Waals surface area contributed by atoms with Crippen LogP contribution in [-0.2, 0) is 16.1 Å². The van der Waals surface area contributed by atoms with Crippen LogP contribution >= 0.6 is 23.2 Å². The molecule has 0 spiro atoms. The molecular formula is C24H20Cl2N4O5. The molecule has 1 aliphatic rings. The molecule has 11 heteroatoms. The van der Waals surface area contributed by atoms with Crippen molar-refractivity contribution in [3.8, 4) is 16.9 Å². The summed E-state index contributed by atoms with van der Waals surface area (Å²) in [5, 5.41) is 16.8. The summed E-state index contributed by atoms with van der Waals surface area (Å²) in [5.74, 6) is -0.361. The lowest BCUT2D eigenvalue weighted by Gasteiger charge is -2.22. The fraction of sp³-hybridized carbons (Fsp3) is 0.250. The second-order valence-corrected chi connectivity index (χ2v) is 8.97. The van der Waals surface area contributed by atoms with Gasteiger partial charge in [-0.3, -0.25) is 10.1 Å².